The van der Waals surface area contributed by atoms with Crippen molar-refractivity contribution in [3.8, 4) is 5.75 Å². The zero-order chi connectivity index (χ0) is 14.5. The molecular weight excluding hydrogens is 296 g/mol. The van der Waals surface area contributed by atoms with Gasteiger partial charge in [0.05, 0.1) is 6.61 Å². The Labute approximate surface area is 125 Å². The molecule has 1 unspecified atom stereocenters. The van der Waals surface area contributed by atoms with Gasteiger partial charge in [-0.15, -0.1) is 0 Å². The van der Waals surface area contributed by atoms with E-state index < -0.39 is 4.56 Å². The number of hydrogen-bond donors (Lipinski definition) is 1. The molecule has 0 aliphatic rings. The van der Waals surface area contributed by atoms with Crippen molar-refractivity contribution in [2.75, 3.05) is 6.61 Å². The molecule has 19 heavy (non-hydrogen) atoms. The Morgan fingerprint density at radius 3 is 2.47 bits per heavy atom. The van der Waals surface area contributed by atoms with Crippen LogP contribution in [-0.2, 0) is 18.3 Å². The van der Waals surface area contributed by atoms with Gasteiger partial charge in [-0.05, 0) is 24.5 Å². The molecule has 0 spiro atoms. The molecule has 0 aromatic carbocycles. The van der Waals surface area contributed by atoms with Crippen molar-refractivity contribution < 1.29 is 32.9 Å². The summed E-state index contributed by atoms with van der Waals surface area (Å²) >= 11 is 0.347. The first kappa shape index (κ1) is 18.0. The third-order valence-corrected chi connectivity index (χ3v) is 2.68. The van der Waals surface area contributed by atoms with Gasteiger partial charge in [0.2, 0.25) is 0 Å². The van der Waals surface area contributed by atoms with Crippen molar-refractivity contribution in [3.63, 3.8) is 0 Å². The SMILES string of the molecule is CCCCC(CC)COc1ccncc1.O=[C](O)[Zn]. The first-order valence-electron chi connectivity index (χ1n) is 6.67. The van der Waals surface area contributed by atoms with Gasteiger partial charge in [-0.3, -0.25) is 4.98 Å². The van der Waals surface area contributed by atoms with Gasteiger partial charge >= 0.3 is 32.8 Å². The van der Waals surface area contributed by atoms with E-state index >= 15 is 0 Å². The molecule has 1 aromatic rings. The normalized spacial score (nSPS) is 11.2. The predicted molar refractivity (Wildman–Crippen MR) is 71.1 cm³/mol. The Balaban J connectivity index is 0.000000711. The number of hydrogen-bond acceptors (Lipinski definition) is 3. The number of carboxylic acid groups (broad SMARTS) is 1. The van der Waals surface area contributed by atoms with Crippen LogP contribution in [-0.4, -0.2) is 21.3 Å². The molecule has 5 heteroatoms. The summed E-state index contributed by atoms with van der Waals surface area (Å²) in [7, 11) is 0. The van der Waals surface area contributed by atoms with Gasteiger partial charge in [0.25, 0.3) is 0 Å². The maximum absolute atomic E-state index is 9.06. The molecule has 0 fully saturated rings. The van der Waals surface area contributed by atoms with Crippen LogP contribution in [0, 0.1) is 5.92 Å². The summed E-state index contributed by atoms with van der Waals surface area (Å²) in [6.07, 6.45) is 8.58. The van der Waals surface area contributed by atoms with Gasteiger partial charge in [-0.25, -0.2) is 0 Å². The predicted octanol–water partition coefficient (Wildman–Crippen LogP) is 3.89. The van der Waals surface area contributed by atoms with Crippen LogP contribution in [0.5, 0.6) is 5.75 Å². The average molecular weight is 318 g/mol. The van der Waals surface area contributed by atoms with Gasteiger partial charge in [0, 0.05) is 12.4 Å². The minimum atomic E-state index is -0.708. The van der Waals surface area contributed by atoms with Gasteiger partial charge in [0.15, 0.2) is 0 Å². The molecule has 0 radical (unpaired) electrons. The van der Waals surface area contributed by atoms with Gasteiger partial charge < -0.3 is 4.74 Å². The van der Waals surface area contributed by atoms with Crippen molar-refractivity contribution in [1.82, 2.24) is 4.98 Å². The van der Waals surface area contributed by atoms with Crippen LogP contribution in [0.15, 0.2) is 24.5 Å². The molecule has 0 aliphatic carbocycles. The summed E-state index contributed by atoms with van der Waals surface area (Å²) < 4.78 is 5.01. The van der Waals surface area contributed by atoms with E-state index in [2.05, 4.69) is 18.8 Å². The van der Waals surface area contributed by atoms with Crippen LogP contribution in [0.25, 0.3) is 0 Å². The molecule has 103 valence electrons. The van der Waals surface area contributed by atoms with Crippen LogP contribution < -0.4 is 4.74 Å². The molecule has 1 heterocycles. The monoisotopic (exact) mass is 316 g/mol. The summed E-state index contributed by atoms with van der Waals surface area (Å²) in [6.45, 7) is 5.30. The van der Waals surface area contributed by atoms with E-state index in [-0.39, 0.29) is 0 Å². The van der Waals surface area contributed by atoms with E-state index in [1.165, 1.54) is 25.7 Å². The summed E-state index contributed by atoms with van der Waals surface area (Å²) in [4.78, 5) is 13.0. The fourth-order valence-electron chi connectivity index (χ4n) is 1.55. The Kier molecular flexibility index (Phi) is 11.5. The molecule has 1 rings (SSSR count). The standard InChI is InChI=1S/C13H21NO.CHO2.Zn/c1-3-5-6-12(4-2)11-15-13-7-9-14-10-8-13;2-1-3;/h7-10,12H,3-6,11H2,1-2H3;(H,2,3);. The summed E-state index contributed by atoms with van der Waals surface area (Å²) in [5.74, 6) is 1.62. The molecule has 1 atom stereocenters. The van der Waals surface area contributed by atoms with Crippen LogP contribution >= 0.6 is 0 Å². The number of rotatable bonds is 7. The molecule has 1 N–H and O–H groups in total. The van der Waals surface area contributed by atoms with Gasteiger partial charge in [0.1, 0.15) is 5.75 Å². The van der Waals surface area contributed by atoms with E-state index in [9.17, 15) is 0 Å². The Bertz CT molecular complexity index is 329. The second-order valence-corrected chi connectivity index (χ2v) is 5.57. The number of ether oxygens (including phenoxy) is 1. The quantitative estimate of drug-likeness (QED) is 0.775. The first-order valence-corrected chi connectivity index (χ1v) is 8.16. The molecule has 4 nitrogen and oxygen atoms in total. The third-order valence-electron chi connectivity index (χ3n) is 2.68. The second-order valence-electron chi connectivity index (χ2n) is 4.30. The van der Waals surface area contributed by atoms with Crippen molar-refractivity contribution in [1.29, 1.82) is 0 Å². The Hall–Kier alpha value is -0.957. The van der Waals surface area contributed by atoms with Crippen molar-refractivity contribution in [3.05, 3.63) is 24.5 Å². The second kappa shape index (κ2) is 12.1. The van der Waals surface area contributed by atoms with Crippen LogP contribution in [0.4, 0.5) is 4.79 Å². The fourth-order valence-corrected chi connectivity index (χ4v) is 1.55. The van der Waals surface area contributed by atoms with Crippen molar-refractivity contribution in [2.45, 2.75) is 39.5 Å². The number of unbranched alkanes of at least 4 members (excludes halogenated alkanes) is 1. The Morgan fingerprint density at radius 2 is 2.00 bits per heavy atom. The zero-order valence-electron chi connectivity index (χ0n) is 11.8. The number of aromatic nitrogens is 1. The Morgan fingerprint density at radius 1 is 1.42 bits per heavy atom. The van der Waals surface area contributed by atoms with Crippen LogP contribution in [0.2, 0.25) is 0 Å². The van der Waals surface area contributed by atoms with Crippen LogP contribution in [0.1, 0.15) is 39.5 Å². The molecule has 0 amide bonds. The summed E-state index contributed by atoms with van der Waals surface area (Å²) in [6, 6.07) is 3.82. The number of nitrogens with zero attached hydrogens (tertiary/aromatic N) is 1. The first-order chi connectivity index (χ1) is 9.10. The summed E-state index contributed by atoms with van der Waals surface area (Å²) in [5, 5.41) is 7.47. The minimum absolute atomic E-state index is 0.347. The summed E-state index contributed by atoms with van der Waals surface area (Å²) in [5.41, 5.74) is 0. The van der Waals surface area contributed by atoms with Gasteiger partial charge in [-0.2, -0.15) is 0 Å². The third kappa shape index (κ3) is 11.8. The van der Waals surface area contributed by atoms with Crippen LogP contribution in [0.3, 0.4) is 0 Å². The average Bonchev–Trinajstić information content (AvgIpc) is 2.39. The molecule has 1 aromatic heterocycles. The van der Waals surface area contributed by atoms with E-state index in [1.807, 2.05) is 12.1 Å². The van der Waals surface area contributed by atoms with E-state index in [0.29, 0.717) is 24.2 Å². The number of carbonyl (C=O) groups is 1. The molecule has 0 saturated heterocycles. The molecular formula is C14H22NO3Zn. The zero-order valence-corrected chi connectivity index (χ0v) is 14.8. The maximum atomic E-state index is 9.06. The van der Waals surface area contributed by atoms with Gasteiger partial charge in [-0.1, -0.05) is 33.1 Å². The van der Waals surface area contributed by atoms with Crippen molar-refractivity contribution in [2.24, 2.45) is 5.92 Å². The molecule has 0 bridgehead atoms. The number of pyridine rings is 1. The van der Waals surface area contributed by atoms with E-state index in [1.54, 1.807) is 12.4 Å². The topological polar surface area (TPSA) is 59.4 Å². The fraction of sp³-hybridized carbons (Fsp3) is 0.571. The van der Waals surface area contributed by atoms with E-state index in [4.69, 9.17) is 14.6 Å². The van der Waals surface area contributed by atoms with E-state index in [0.717, 1.165) is 12.4 Å². The molecule has 0 saturated carbocycles. The van der Waals surface area contributed by atoms with Crippen molar-refractivity contribution >= 4 is 4.56 Å². The molecule has 0 aliphatic heterocycles.